The van der Waals surface area contributed by atoms with E-state index in [0.29, 0.717) is 10.6 Å². The topological polar surface area (TPSA) is 113 Å². The number of benzene rings is 1. The van der Waals surface area contributed by atoms with Crippen LogP contribution in [0.5, 0.6) is 0 Å². The fraction of sp³-hybridized carbons (Fsp3) is 0.391. The van der Waals surface area contributed by atoms with Gasteiger partial charge in [0, 0.05) is 24.5 Å². The van der Waals surface area contributed by atoms with Crippen LogP contribution < -0.4 is 5.32 Å². The SMILES string of the molecule is COC(=O)OC1=C(CN2CC(F)(F)CC2(C)C(=O)O)NC(c2nccs2)=NC1(C)c1ccc(F)cc1. The van der Waals surface area contributed by atoms with E-state index in [1.807, 2.05) is 0 Å². The minimum atomic E-state index is -3.25. The summed E-state index contributed by atoms with van der Waals surface area (Å²) in [6, 6.07) is 5.32. The number of likely N-dealkylation sites (tertiary alicyclic amines) is 1. The third kappa shape index (κ3) is 4.67. The number of aromatic nitrogens is 1. The molecule has 2 N–H and O–H groups in total. The summed E-state index contributed by atoms with van der Waals surface area (Å²) >= 11 is 1.25. The molecule has 9 nitrogen and oxygen atoms in total. The van der Waals surface area contributed by atoms with Crippen LogP contribution in [0.1, 0.15) is 30.8 Å². The van der Waals surface area contributed by atoms with E-state index in [2.05, 4.69) is 15.0 Å². The Balaban J connectivity index is 1.88. The highest BCUT2D eigenvalue weighted by atomic mass is 32.1. The molecule has 4 rings (SSSR count). The Morgan fingerprint density at radius 1 is 1.25 bits per heavy atom. The molecule has 2 aliphatic rings. The molecular formula is C23H23F3N4O5S. The Labute approximate surface area is 208 Å². The van der Waals surface area contributed by atoms with E-state index >= 15 is 0 Å². The number of ether oxygens (including phenoxy) is 2. The maximum absolute atomic E-state index is 14.4. The highest BCUT2D eigenvalue weighted by molar-refractivity contribution is 7.11. The normalized spacial score (nSPS) is 25.8. The first-order valence-electron chi connectivity index (χ1n) is 10.8. The number of nitrogens with one attached hydrogen (secondary N) is 1. The lowest BCUT2D eigenvalue weighted by Gasteiger charge is -2.37. The van der Waals surface area contributed by atoms with Crippen LogP contribution in [0.25, 0.3) is 0 Å². The molecule has 1 saturated heterocycles. The zero-order chi connectivity index (χ0) is 26.3. The van der Waals surface area contributed by atoms with Crippen LogP contribution in [0, 0.1) is 5.82 Å². The van der Waals surface area contributed by atoms with E-state index < -0.39 is 47.9 Å². The summed E-state index contributed by atoms with van der Waals surface area (Å²) in [5.41, 5.74) is -2.82. The van der Waals surface area contributed by atoms with E-state index in [0.717, 1.165) is 12.0 Å². The number of nitrogens with zero attached hydrogens (tertiary/aromatic N) is 3. The fourth-order valence-electron chi connectivity index (χ4n) is 4.36. The van der Waals surface area contributed by atoms with Crippen molar-refractivity contribution in [2.75, 3.05) is 20.2 Å². The number of carbonyl (C=O) groups excluding carboxylic acids is 1. The molecule has 0 spiro atoms. The van der Waals surface area contributed by atoms with Gasteiger partial charge in [-0.2, -0.15) is 0 Å². The number of hydrogen-bond donors (Lipinski definition) is 2. The number of aliphatic carboxylic acids is 1. The van der Waals surface area contributed by atoms with Crippen molar-refractivity contribution in [2.45, 2.75) is 37.3 Å². The molecule has 1 fully saturated rings. The number of carbonyl (C=O) groups is 2. The Bertz CT molecular complexity index is 1230. The third-order valence-electron chi connectivity index (χ3n) is 6.25. The lowest BCUT2D eigenvalue weighted by Crippen LogP contribution is -2.51. The van der Waals surface area contributed by atoms with Crippen molar-refractivity contribution < 1.29 is 37.3 Å². The van der Waals surface area contributed by atoms with E-state index in [9.17, 15) is 27.9 Å². The van der Waals surface area contributed by atoms with Crippen LogP contribution in [-0.2, 0) is 19.8 Å². The van der Waals surface area contributed by atoms with Gasteiger partial charge in [0.2, 0.25) is 0 Å². The minimum absolute atomic E-state index is 0.107. The highest BCUT2D eigenvalue weighted by Crippen LogP contribution is 2.43. The molecule has 2 unspecified atom stereocenters. The van der Waals surface area contributed by atoms with Crippen LogP contribution in [0.4, 0.5) is 18.0 Å². The van der Waals surface area contributed by atoms with Crippen molar-refractivity contribution in [3.05, 3.63) is 63.7 Å². The number of carboxylic acids is 1. The largest absolute Gasteiger partial charge is 0.513 e. The number of thiazole rings is 1. The molecule has 2 aromatic rings. The first-order valence-corrected chi connectivity index (χ1v) is 11.6. The number of methoxy groups -OCH3 is 1. The number of aliphatic imine (C=N–C) groups is 1. The van der Waals surface area contributed by atoms with Crippen LogP contribution in [-0.4, -0.2) is 64.6 Å². The van der Waals surface area contributed by atoms with Gasteiger partial charge in [0.1, 0.15) is 16.9 Å². The van der Waals surface area contributed by atoms with Crippen molar-refractivity contribution in [3.63, 3.8) is 0 Å². The average molecular weight is 525 g/mol. The molecule has 0 amide bonds. The predicted molar refractivity (Wildman–Crippen MR) is 123 cm³/mol. The summed E-state index contributed by atoms with van der Waals surface area (Å²) in [6.07, 6.45) is -0.442. The molecule has 0 bridgehead atoms. The predicted octanol–water partition coefficient (Wildman–Crippen LogP) is 3.73. The van der Waals surface area contributed by atoms with E-state index in [1.165, 1.54) is 42.5 Å². The summed E-state index contributed by atoms with van der Waals surface area (Å²) in [5.74, 6) is -5.03. The number of hydrogen-bond acceptors (Lipinski definition) is 9. The van der Waals surface area contributed by atoms with Crippen LogP contribution in [0.15, 0.2) is 52.3 Å². The van der Waals surface area contributed by atoms with Crippen molar-refractivity contribution in [1.29, 1.82) is 0 Å². The van der Waals surface area contributed by atoms with Gasteiger partial charge in [-0.15, -0.1) is 11.3 Å². The maximum atomic E-state index is 14.4. The van der Waals surface area contributed by atoms with Gasteiger partial charge in [-0.05, 0) is 31.5 Å². The Morgan fingerprint density at radius 2 is 1.94 bits per heavy atom. The van der Waals surface area contributed by atoms with Gasteiger partial charge >= 0.3 is 12.1 Å². The molecule has 0 radical (unpaired) electrons. The summed E-state index contributed by atoms with van der Waals surface area (Å²) in [7, 11) is 1.10. The molecule has 1 aromatic carbocycles. The molecule has 3 heterocycles. The molecule has 36 heavy (non-hydrogen) atoms. The Hall–Kier alpha value is -3.45. The second-order valence-electron chi connectivity index (χ2n) is 8.83. The van der Waals surface area contributed by atoms with Gasteiger partial charge in [-0.25, -0.2) is 27.9 Å². The fourth-order valence-corrected chi connectivity index (χ4v) is 4.94. The van der Waals surface area contributed by atoms with Gasteiger partial charge in [-0.3, -0.25) is 9.69 Å². The second kappa shape index (κ2) is 9.21. The maximum Gasteiger partial charge on any atom is 0.513 e. The molecule has 13 heteroatoms. The number of amidine groups is 1. The first-order chi connectivity index (χ1) is 16.9. The zero-order valence-corrected chi connectivity index (χ0v) is 20.4. The zero-order valence-electron chi connectivity index (χ0n) is 19.5. The van der Waals surface area contributed by atoms with Crippen molar-refractivity contribution in [3.8, 4) is 0 Å². The van der Waals surface area contributed by atoms with E-state index in [-0.39, 0.29) is 23.8 Å². The van der Waals surface area contributed by atoms with E-state index in [4.69, 9.17) is 9.73 Å². The van der Waals surface area contributed by atoms with Crippen LogP contribution >= 0.6 is 11.3 Å². The molecule has 192 valence electrons. The summed E-state index contributed by atoms with van der Waals surface area (Å²) in [6.45, 7) is 1.63. The average Bonchev–Trinajstić information content (AvgIpc) is 3.42. The van der Waals surface area contributed by atoms with Gasteiger partial charge in [0.15, 0.2) is 16.6 Å². The van der Waals surface area contributed by atoms with Gasteiger partial charge in [0.05, 0.1) is 19.4 Å². The van der Waals surface area contributed by atoms with Crippen LogP contribution in [0.2, 0.25) is 0 Å². The van der Waals surface area contributed by atoms with E-state index in [1.54, 1.807) is 18.5 Å². The second-order valence-corrected chi connectivity index (χ2v) is 9.73. The van der Waals surface area contributed by atoms with Gasteiger partial charge in [-0.1, -0.05) is 12.1 Å². The third-order valence-corrected chi connectivity index (χ3v) is 7.03. The molecular weight excluding hydrogens is 501 g/mol. The quantitative estimate of drug-likeness (QED) is 0.550. The number of halogens is 3. The lowest BCUT2D eigenvalue weighted by atomic mass is 9.87. The highest BCUT2D eigenvalue weighted by Gasteiger charge is 2.57. The lowest BCUT2D eigenvalue weighted by molar-refractivity contribution is -0.148. The number of alkyl halides is 2. The number of carboxylic acid groups (broad SMARTS) is 1. The Kier molecular flexibility index (Phi) is 6.56. The molecule has 2 aliphatic heterocycles. The monoisotopic (exact) mass is 524 g/mol. The molecule has 1 aromatic heterocycles. The number of rotatable bonds is 6. The molecule has 2 atom stereocenters. The molecule has 0 aliphatic carbocycles. The standard InChI is InChI=1S/C23H23F3N4O5S/c1-21(19(31)32)11-23(25,26)12-30(21)10-15-16(35-20(33)34-3)22(2,13-4-6-14(24)7-5-13)29-17(28-15)18-27-8-9-36-18/h4-9H,10-12H2,1-3H3,(H,28,29)(H,31,32). The smallest absolute Gasteiger partial charge is 0.480 e. The van der Waals surface area contributed by atoms with Gasteiger partial charge in [0.25, 0.3) is 5.92 Å². The van der Waals surface area contributed by atoms with Crippen molar-refractivity contribution >= 4 is 29.3 Å². The minimum Gasteiger partial charge on any atom is -0.480 e. The van der Waals surface area contributed by atoms with Crippen LogP contribution in [0.3, 0.4) is 0 Å². The summed E-state index contributed by atoms with van der Waals surface area (Å²) < 4.78 is 52.7. The molecule has 0 saturated carbocycles. The van der Waals surface area contributed by atoms with Crippen molar-refractivity contribution in [1.82, 2.24) is 15.2 Å². The summed E-state index contributed by atoms with van der Waals surface area (Å²) in [5, 5.41) is 14.9. The van der Waals surface area contributed by atoms with Crippen molar-refractivity contribution in [2.24, 2.45) is 4.99 Å². The first kappa shape index (κ1) is 25.6. The summed E-state index contributed by atoms with van der Waals surface area (Å²) in [4.78, 5) is 34.3. The Morgan fingerprint density at radius 3 is 2.53 bits per heavy atom. The van der Waals surface area contributed by atoms with Gasteiger partial charge < -0.3 is 19.9 Å².